The van der Waals surface area contributed by atoms with Gasteiger partial charge in [0, 0.05) is 23.4 Å². The number of ether oxygens (including phenoxy) is 1. The maximum absolute atomic E-state index is 12.4. The quantitative estimate of drug-likeness (QED) is 0.131. The Morgan fingerprint density at radius 3 is 2.45 bits per heavy atom. The van der Waals surface area contributed by atoms with E-state index >= 15 is 0 Å². The van der Waals surface area contributed by atoms with E-state index in [4.69, 9.17) is 0 Å². The van der Waals surface area contributed by atoms with Crippen molar-refractivity contribution < 1.29 is 27.5 Å². The Balaban J connectivity index is 1.15. The molecule has 0 radical (unpaired) electrons. The van der Waals surface area contributed by atoms with Crippen molar-refractivity contribution >= 4 is 57.6 Å². The van der Waals surface area contributed by atoms with Crippen LogP contribution in [0.5, 0.6) is 5.75 Å². The smallest absolute Gasteiger partial charge is 0.406 e. The predicted octanol–water partition coefficient (Wildman–Crippen LogP) is 4.87. The van der Waals surface area contributed by atoms with E-state index in [1.807, 2.05) is 6.07 Å². The molecular weight excluding hydrogens is 588 g/mol. The van der Waals surface area contributed by atoms with Crippen molar-refractivity contribution in [3.8, 4) is 5.75 Å². The Bertz CT molecular complexity index is 1420. The van der Waals surface area contributed by atoms with Crippen LogP contribution in [0.25, 0.3) is 0 Å². The molecule has 0 spiro atoms. The lowest BCUT2D eigenvalue weighted by molar-refractivity contribution is -0.274. The van der Waals surface area contributed by atoms with Crippen LogP contribution >= 0.6 is 34.9 Å². The fraction of sp³-hybridized carbons (Fsp3) is 0.208. The third-order valence-corrected chi connectivity index (χ3v) is 7.84. The highest BCUT2D eigenvalue weighted by Crippen LogP contribution is 2.27. The number of pyridine rings is 1. The monoisotopic (exact) mass is 607 g/mol. The van der Waals surface area contributed by atoms with Gasteiger partial charge in [-0.2, -0.15) is 0 Å². The number of carbonyl (C=O) groups is 2. The van der Waals surface area contributed by atoms with Crippen molar-refractivity contribution in [2.45, 2.75) is 28.6 Å². The Labute approximate surface area is 238 Å². The van der Waals surface area contributed by atoms with Gasteiger partial charge in [0.2, 0.25) is 16.9 Å². The topological polar surface area (TPSA) is 132 Å². The zero-order chi connectivity index (χ0) is 28.4. The number of hydrogen-bond donors (Lipinski definition) is 2. The van der Waals surface area contributed by atoms with Gasteiger partial charge in [-0.05, 0) is 42.0 Å². The fourth-order valence-electron chi connectivity index (χ4n) is 3.11. The summed E-state index contributed by atoms with van der Waals surface area (Å²) in [7, 11) is 0. The lowest BCUT2D eigenvalue weighted by Crippen LogP contribution is -2.18. The summed E-state index contributed by atoms with van der Waals surface area (Å²) < 4.78 is 41.8. The second-order valence-corrected chi connectivity index (χ2v) is 11.2. The van der Waals surface area contributed by atoms with Crippen LogP contribution in [0.15, 0.2) is 70.2 Å². The van der Waals surface area contributed by atoms with Gasteiger partial charge < -0.3 is 15.4 Å². The average Bonchev–Trinajstić information content (AvgIpc) is 3.34. The van der Waals surface area contributed by atoms with Crippen molar-refractivity contribution in [1.29, 1.82) is 0 Å². The number of benzene rings is 1. The molecule has 0 aliphatic heterocycles. The lowest BCUT2D eigenvalue weighted by Gasteiger charge is -2.10. The number of anilines is 2. The maximum atomic E-state index is 12.4. The number of halogens is 3. The van der Waals surface area contributed by atoms with Crippen molar-refractivity contribution in [2.75, 3.05) is 22.1 Å². The van der Waals surface area contributed by atoms with Crippen LogP contribution in [0.3, 0.4) is 0 Å². The molecule has 0 saturated heterocycles. The van der Waals surface area contributed by atoms with E-state index in [-0.39, 0.29) is 24.6 Å². The van der Waals surface area contributed by atoms with Gasteiger partial charge in [-0.1, -0.05) is 41.3 Å². The summed E-state index contributed by atoms with van der Waals surface area (Å²) in [5, 5.41) is 22.5. The standard InChI is InChI=1S/C24H20F3N7O3S3/c25-24(26,27)37-17-6-3-4-15(12-17)13-19(35)29-18-7-8-21(32-31-18)38-10-11-39-23-34-33-22(40-23)30-20(36)14-16-5-1-2-9-28-16/h1-9,12H,10-11,13-14H2,(H,29,31,35)(H,30,33,36). The number of amides is 2. The van der Waals surface area contributed by atoms with Crippen molar-refractivity contribution in [3.63, 3.8) is 0 Å². The second kappa shape index (κ2) is 14.0. The van der Waals surface area contributed by atoms with Gasteiger partial charge >= 0.3 is 6.36 Å². The first-order valence-corrected chi connectivity index (χ1v) is 14.3. The Morgan fingerprint density at radius 1 is 0.875 bits per heavy atom. The molecule has 3 aromatic heterocycles. The number of nitrogens with zero attached hydrogens (tertiary/aromatic N) is 5. The van der Waals surface area contributed by atoms with Crippen LogP contribution in [0, 0.1) is 0 Å². The number of thioether (sulfide) groups is 2. The van der Waals surface area contributed by atoms with Gasteiger partial charge in [0.25, 0.3) is 0 Å². The highest BCUT2D eigenvalue weighted by molar-refractivity contribution is 8.03. The summed E-state index contributed by atoms with van der Waals surface area (Å²) >= 11 is 4.24. The molecular formula is C24H20F3N7O3S3. The van der Waals surface area contributed by atoms with Crippen LogP contribution in [0.4, 0.5) is 24.1 Å². The second-order valence-electron chi connectivity index (χ2n) is 7.79. The molecule has 1 aromatic carbocycles. The Morgan fingerprint density at radius 2 is 1.70 bits per heavy atom. The summed E-state index contributed by atoms with van der Waals surface area (Å²) in [5.41, 5.74) is 1.02. The molecule has 0 saturated carbocycles. The largest absolute Gasteiger partial charge is 0.573 e. The summed E-state index contributed by atoms with van der Waals surface area (Å²) in [4.78, 5) is 28.5. The maximum Gasteiger partial charge on any atom is 0.573 e. The van der Waals surface area contributed by atoms with Crippen molar-refractivity contribution in [2.24, 2.45) is 0 Å². The normalized spacial score (nSPS) is 11.2. The number of nitrogens with one attached hydrogen (secondary N) is 2. The highest BCUT2D eigenvalue weighted by atomic mass is 32.2. The molecule has 0 unspecified atom stereocenters. The third kappa shape index (κ3) is 10.1. The molecule has 0 aliphatic rings. The van der Waals surface area contributed by atoms with E-state index in [1.165, 1.54) is 47.0 Å². The van der Waals surface area contributed by atoms with Crippen molar-refractivity contribution in [3.05, 3.63) is 72.1 Å². The van der Waals surface area contributed by atoms with Crippen molar-refractivity contribution in [1.82, 2.24) is 25.4 Å². The minimum absolute atomic E-state index is 0.150. The highest BCUT2D eigenvalue weighted by Gasteiger charge is 2.31. The average molecular weight is 608 g/mol. The van der Waals surface area contributed by atoms with Gasteiger partial charge in [-0.25, -0.2) is 0 Å². The molecule has 2 amide bonds. The molecule has 208 valence electrons. The molecule has 2 N–H and O–H groups in total. The molecule has 0 atom stereocenters. The summed E-state index contributed by atoms with van der Waals surface area (Å²) in [6.07, 6.45) is -3.19. The molecule has 4 rings (SSSR count). The van der Waals surface area contributed by atoms with E-state index in [0.717, 1.165) is 12.1 Å². The first kappa shape index (κ1) is 29.2. The first-order chi connectivity index (χ1) is 19.2. The molecule has 10 nitrogen and oxygen atoms in total. The predicted molar refractivity (Wildman–Crippen MR) is 145 cm³/mol. The van der Waals surface area contributed by atoms with E-state index in [9.17, 15) is 22.8 Å². The third-order valence-electron chi connectivity index (χ3n) is 4.68. The molecule has 40 heavy (non-hydrogen) atoms. The van der Waals surface area contributed by atoms with Gasteiger partial charge in [-0.3, -0.25) is 14.6 Å². The number of alkyl halides is 3. The summed E-state index contributed by atoms with van der Waals surface area (Å²) in [5.74, 6) is 0.551. The summed E-state index contributed by atoms with van der Waals surface area (Å²) in [6.45, 7) is 0. The molecule has 0 bridgehead atoms. The van der Waals surface area contributed by atoms with Gasteiger partial charge in [0.05, 0.1) is 12.8 Å². The minimum Gasteiger partial charge on any atom is -0.406 e. The minimum atomic E-state index is -4.81. The van der Waals surface area contributed by atoms with E-state index in [2.05, 4.69) is 40.7 Å². The SMILES string of the molecule is O=C(Cc1cccc(OC(F)(F)F)c1)Nc1ccc(SCCSc2nnc(NC(=O)Cc3ccccn3)s2)nn1. The number of carbonyl (C=O) groups excluding carboxylic acids is 2. The zero-order valence-corrected chi connectivity index (χ0v) is 22.9. The number of aromatic nitrogens is 5. The zero-order valence-electron chi connectivity index (χ0n) is 20.4. The Hall–Kier alpha value is -3.76. The van der Waals surface area contributed by atoms with E-state index < -0.39 is 18.0 Å². The fourth-order valence-corrected chi connectivity index (χ4v) is 5.74. The van der Waals surface area contributed by atoms with Crippen LogP contribution in [0.2, 0.25) is 0 Å². The van der Waals surface area contributed by atoms with Crippen LogP contribution in [0.1, 0.15) is 11.3 Å². The van der Waals surface area contributed by atoms with Gasteiger partial charge in [0.1, 0.15) is 10.8 Å². The lowest BCUT2D eigenvalue weighted by atomic mass is 10.1. The van der Waals surface area contributed by atoms with Crippen LogP contribution in [-0.2, 0) is 22.4 Å². The molecule has 16 heteroatoms. The molecule has 4 aromatic rings. The van der Waals surface area contributed by atoms with E-state index in [1.54, 1.807) is 30.5 Å². The molecule has 0 fully saturated rings. The van der Waals surface area contributed by atoms with Gasteiger partial charge in [-0.15, -0.1) is 45.3 Å². The molecule has 0 aliphatic carbocycles. The molecule has 3 heterocycles. The van der Waals surface area contributed by atoms with Crippen LogP contribution < -0.4 is 15.4 Å². The number of hydrogen-bond acceptors (Lipinski definition) is 11. The van der Waals surface area contributed by atoms with E-state index in [0.29, 0.717) is 37.3 Å². The van der Waals surface area contributed by atoms with Gasteiger partial charge in [0.15, 0.2) is 10.2 Å². The number of rotatable bonds is 12. The van der Waals surface area contributed by atoms with Crippen LogP contribution in [-0.4, -0.2) is 55.1 Å². The summed E-state index contributed by atoms with van der Waals surface area (Å²) in [6, 6.07) is 13.9. The first-order valence-electron chi connectivity index (χ1n) is 11.5. The Kier molecular flexibility index (Phi) is 10.3.